The summed E-state index contributed by atoms with van der Waals surface area (Å²) in [5, 5.41) is 0. The third kappa shape index (κ3) is 1.82. The van der Waals surface area contributed by atoms with Gasteiger partial charge in [-0.25, -0.2) is 4.79 Å². The molecule has 0 amide bonds. The van der Waals surface area contributed by atoms with E-state index in [1.165, 1.54) is 6.07 Å². The largest absolute Gasteiger partial charge is 0.358 e. The van der Waals surface area contributed by atoms with E-state index in [4.69, 9.17) is 4.52 Å². The van der Waals surface area contributed by atoms with E-state index >= 15 is 0 Å². The summed E-state index contributed by atoms with van der Waals surface area (Å²) in [5.74, 6) is -0.0982. The Balaban J connectivity index is 2.10. The summed E-state index contributed by atoms with van der Waals surface area (Å²) >= 11 is 0. The molecule has 1 heterocycles. The van der Waals surface area contributed by atoms with Crippen molar-refractivity contribution in [2.24, 2.45) is 5.92 Å². The number of hydrogen-bond donors (Lipinski definition) is 0. The average Bonchev–Trinajstić information content (AvgIpc) is 3.12. The second kappa shape index (κ2) is 3.73. The predicted molar refractivity (Wildman–Crippen MR) is 61.8 cm³/mol. The SMILES string of the molecule is O=C(C1CC1)n1oc(=O)cc1-c1ccccc1. The Hall–Kier alpha value is -2.10. The van der Waals surface area contributed by atoms with Crippen LogP contribution in [-0.2, 0) is 0 Å². The van der Waals surface area contributed by atoms with Crippen molar-refractivity contribution in [1.29, 1.82) is 0 Å². The quantitative estimate of drug-likeness (QED) is 0.792. The normalized spacial score (nSPS) is 14.8. The van der Waals surface area contributed by atoms with Crippen molar-refractivity contribution in [2.75, 3.05) is 0 Å². The molecule has 0 radical (unpaired) electrons. The van der Waals surface area contributed by atoms with Gasteiger partial charge in [0.2, 0.25) is 0 Å². The van der Waals surface area contributed by atoms with Crippen LogP contribution in [-0.4, -0.2) is 10.6 Å². The van der Waals surface area contributed by atoms with Gasteiger partial charge in [0.05, 0.1) is 11.8 Å². The summed E-state index contributed by atoms with van der Waals surface area (Å²) in [6.45, 7) is 0. The lowest BCUT2D eigenvalue weighted by molar-refractivity contribution is 0.0762. The number of carbonyl (C=O) groups excluding carboxylic acids is 1. The minimum absolute atomic E-state index is 0.0213. The second-order valence-electron chi connectivity index (χ2n) is 4.21. The molecule has 0 N–H and O–H groups in total. The topological polar surface area (TPSA) is 52.2 Å². The summed E-state index contributed by atoms with van der Waals surface area (Å²) in [7, 11) is 0. The van der Waals surface area contributed by atoms with Gasteiger partial charge in [0.15, 0.2) is 0 Å². The lowest BCUT2D eigenvalue weighted by Crippen LogP contribution is -2.13. The van der Waals surface area contributed by atoms with Crippen LogP contribution in [0.1, 0.15) is 17.6 Å². The summed E-state index contributed by atoms with van der Waals surface area (Å²) in [4.78, 5) is 23.2. The molecule has 4 nitrogen and oxygen atoms in total. The van der Waals surface area contributed by atoms with Gasteiger partial charge in [-0.2, -0.15) is 0 Å². The maximum Gasteiger partial charge on any atom is 0.358 e. The molecule has 1 saturated carbocycles. The molecule has 0 atom stereocenters. The van der Waals surface area contributed by atoms with Crippen LogP contribution in [0.2, 0.25) is 0 Å². The second-order valence-corrected chi connectivity index (χ2v) is 4.21. The Morgan fingerprint density at radius 1 is 1.24 bits per heavy atom. The van der Waals surface area contributed by atoms with Gasteiger partial charge in [-0.3, -0.25) is 4.79 Å². The molecule has 0 bridgehead atoms. The van der Waals surface area contributed by atoms with Crippen LogP contribution >= 0.6 is 0 Å². The zero-order chi connectivity index (χ0) is 11.8. The molecule has 86 valence electrons. The fourth-order valence-electron chi connectivity index (χ4n) is 1.81. The molecule has 3 rings (SSSR count). The Kier molecular flexibility index (Phi) is 2.21. The van der Waals surface area contributed by atoms with Gasteiger partial charge in [-0.1, -0.05) is 30.3 Å². The zero-order valence-electron chi connectivity index (χ0n) is 9.13. The van der Waals surface area contributed by atoms with Gasteiger partial charge >= 0.3 is 5.63 Å². The van der Waals surface area contributed by atoms with Gasteiger partial charge in [-0.05, 0) is 12.8 Å². The van der Waals surface area contributed by atoms with Crippen molar-refractivity contribution >= 4 is 5.91 Å². The molecular weight excluding hydrogens is 218 g/mol. The van der Waals surface area contributed by atoms with Gasteiger partial charge in [-0.15, -0.1) is 4.74 Å². The van der Waals surface area contributed by atoms with Crippen molar-refractivity contribution in [2.45, 2.75) is 12.8 Å². The van der Waals surface area contributed by atoms with Gasteiger partial charge in [0.25, 0.3) is 5.91 Å². The molecule has 1 aromatic carbocycles. The molecule has 0 spiro atoms. The van der Waals surface area contributed by atoms with Crippen molar-refractivity contribution in [1.82, 2.24) is 4.74 Å². The molecule has 1 aliphatic carbocycles. The van der Waals surface area contributed by atoms with Crippen molar-refractivity contribution in [3.05, 3.63) is 46.8 Å². The standard InChI is InChI=1S/C13H11NO3/c15-12-8-11(9-4-2-1-3-5-9)14(17-12)13(16)10-6-7-10/h1-5,8,10H,6-7H2. The lowest BCUT2D eigenvalue weighted by atomic mass is 10.1. The Labute approximate surface area is 97.4 Å². The van der Waals surface area contributed by atoms with E-state index in [1.54, 1.807) is 0 Å². The van der Waals surface area contributed by atoms with Crippen LogP contribution < -0.4 is 5.63 Å². The molecule has 0 saturated heterocycles. The van der Waals surface area contributed by atoms with Gasteiger partial charge < -0.3 is 4.52 Å². The monoisotopic (exact) mass is 229 g/mol. The molecule has 0 aliphatic heterocycles. The first-order valence-corrected chi connectivity index (χ1v) is 5.59. The molecular formula is C13H11NO3. The van der Waals surface area contributed by atoms with E-state index < -0.39 is 5.63 Å². The maximum atomic E-state index is 11.9. The summed E-state index contributed by atoms with van der Waals surface area (Å²) in [6, 6.07) is 10.7. The highest BCUT2D eigenvalue weighted by Crippen LogP contribution is 2.32. The first-order chi connectivity index (χ1) is 8.25. The predicted octanol–water partition coefficient (Wildman–Crippen LogP) is 2.16. The lowest BCUT2D eigenvalue weighted by Gasteiger charge is -2.03. The van der Waals surface area contributed by atoms with E-state index in [1.807, 2.05) is 30.3 Å². The molecule has 1 fully saturated rings. The maximum absolute atomic E-state index is 11.9. The Morgan fingerprint density at radius 2 is 1.94 bits per heavy atom. The summed E-state index contributed by atoms with van der Waals surface area (Å²) in [5.41, 5.74) is 0.859. The van der Waals surface area contributed by atoms with Crippen molar-refractivity contribution in [3.8, 4) is 11.3 Å². The van der Waals surface area contributed by atoms with E-state index in [9.17, 15) is 9.59 Å². The van der Waals surface area contributed by atoms with Crippen LogP contribution in [0.5, 0.6) is 0 Å². The third-order valence-electron chi connectivity index (χ3n) is 2.85. The summed E-state index contributed by atoms with van der Waals surface area (Å²) < 4.78 is 6.08. The van der Waals surface area contributed by atoms with Crippen LogP contribution in [0.15, 0.2) is 45.7 Å². The zero-order valence-corrected chi connectivity index (χ0v) is 9.13. The molecule has 1 aromatic heterocycles. The van der Waals surface area contributed by atoms with Crippen LogP contribution in [0.25, 0.3) is 11.3 Å². The minimum Gasteiger partial charge on any atom is -0.328 e. The fraction of sp³-hybridized carbons (Fsp3) is 0.231. The molecule has 2 aromatic rings. The highest BCUT2D eigenvalue weighted by atomic mass is 16.5. The minimum atomic E-state index is -0.488. The van der Waals surface area contributed by atoms with Crippen molar-refractivity contribution < 1.29 is 9.32 Å². The van der Waals surface area contributed by atoms with Gasteiger partial charge in [0.1, 0.15) is 0 Å². The fourth-order valence-corrected chi connectivity index (χ4v) is 1.81. The smallest absolute Gasteiger partial charge is 0.328 e. The molecule has 0 unspecified atom stereocenters. The number of aromatic nitrogens is 1. The first kappa shape index (κ1) is 10.1. The van der Waals surface area contributed by atoms with E-state index in [0.717, 1.165) is 23.1 Å². The number of nitrogens with zero attached hydrogens (tertiary/aromatic N) is 1. The van der Waals surface area contributed by atoms with Crippen LogP contribution in [0.3, 0.4) is 0 Å². The number of benzene rings is 1. The number of rotatable bonds is 2. The van der Waals surface area contributed by atoms with E-state index in [-0.39, 0.29) is 11.8 Å². The van der Waals surface area contributed by atoms with Crippen LogP contribution in [0.4, 0.5) is 0 Å². The van der Waals surface area contributed by atoms with E-state index in [0.29, 0.717) is 5.69 Å². The Bertz CT molecular complexity index is 605. The van der Waals surface area contributed by atoms with Crippen LogP contribution in [0, 0.1) is 5.92 Å². The molecule has 1 aliphatic rings. The third-order valence-corrected chi connectivity index (χ3v) is 2.85. The number of hydrogen-bond acceptors (Lipinski definition) is 3. The average molecular weight is 229 g/mol. The number of carbonyl (C=O) groups is 1. The Morgan fingerprint density at radius 3 is 2.59 bits per heavy atom. The first-order valence-electron chi connectivity index (χ1n) is 5.59. The van der Waals surface area contributed by atoms with E-state index in [2.05, 4.69) is 0 Å². The molecule has 17 heavy (non-hydrogen) atoms. The highest BCUT2D eigenvalue weighted by molar-refractivity contribution is 5.86. The highest BCUT2D eigenvalue weighted by Gasteiger charge is 2.33. The summed E-state index contributed by atoms with van der Waals surface area (Å²) in [6.07, 6.45) is 1.77. The van der Waals surface area contributed by atoms with Gasteiger partial charge in [0, 0.05) is 11.5 Å². The van der Waals surface area contributed by atoms with Crippen molar-refractivity contribution in [3.63, 3.8) is 0 Å². The molecule has 4 heteroatoms.